The van der Waals surface area contributed by atoms with Crippen LogP contribution >= 0.6 is 23.7 Å². The molecule has 8 heteroatoms. The number of carbonyl (C=O) groups is 1. The highest BCUT2D eigenvalue weighted by Gasteiger charge is 2.10. The number of rotatable bonds is 6. The maximum atomic E-state index is 12.1. The van der Waals surface area contributed by atoms with Gasteiger partial charge < -0.3 is 10.2 Å². The number of aryl methyl sites for hydroxylation is 1. The molecule has 0 fully saturated rings. The van der Waals surface area contributed by atoms with Gasteiger partial charge in [0.05, 0.1) is 11.7 Å². The van der Waals surface area contributed by atoms with Gasteiger partial charge in [-0.1, -0.05) is 0 Å². The van der Waals surface area contributed by atoms with Gasteiger partial charge >= 0.3 is 0 Å². The van der Waals surface area contributed by atoms with E-state index in [1.54, 1.807) is 18.0 Å². The van der Waals surface area contributed by atoms with E-state index in [2.05, 4.69) is 10.3 Å². The lowest BCUT2D eigenvalue weighted by Crippen LogP contribution is -2.34. The molecule has 0 unspecified atom stereocenters. The van der Waals surface area contributed by atoms with Crippen LogP contribution in [0, 0.1) is 0 Å². The van der Waals surface area contributed by atoms with E-state index in [0.29, 0.717) is 24.9 Å². The molecular weight excluding hydrogens is 312 g/mol. The number of thiophene rings is 1. The van der Waals surface area contributed by atoms with E-state index in [1.807, 2.05) is 12.4 Å². The Morgan fingerprint density at radius 2 is 2.29 bits per heavy atom. The van der Waals surface area contributed by atoms with E-state index in [9.17, 15) is 9.59 Å². The predicted octanol–water partition coefficient (Wildman–Crippen LogP) is 0.948. The maximum Gasteiger partial charge on any atom is 0.262 e. The highest BCUT2D eigenvalue weighted by molar-refractivity contribution is 7.16. The number of aromatic nitrogens is 2. The Hall–Kier alpha value is -1.44. The molecule has 0 aromatic carbocycles. The quantitative estimate of drug-likeness (QED) is 0.856. The molecule has 21 heavy (non-hydrogen) atoms. The molecule has 1 N–H and O–H groups in total. The van der Waals surface area contributed by atoms with Gasteiger partial charge in [-0.15, -0.1) is 23.7 Å². The lowest BCUT2D eigenvalue weighted by molar-refractivity contribution is -0.130. The second kappa shape index (κ2) is 8.11. The van der Waals surface area contributed by atoms with Gasteiger partial charge in [0.2, 0.25) is 5.91 Å². The fraction of sp³-hybridized carbons (Fsp3) is 0.462. The third-order valence-electron chi connectivity index (χ3n) is 3.14. The molecule has 1 amide bonds. The maximum absolute atomic E-state index is 12.1. The van der Waals surface area contributed by atoms with Crippen molar-refractivity contribution in [3.05, 3.63) is 28.1 Å². The zero-order chi connectivity index (χ0) is 14.5. The first kappa shape index (κ1) is 17.6. The molecular formula is C13H19ClN4O2S. The van der Waals surface area contributed by atoms with Gasteiger partial charge in [0, 0.05) is 33.1 Å². The molecule has 0 aliphatic carbocycles. The first-order valence-electron chi connectivity index (χ1n) is 6.44. The van der Waals surface area contributed by atoms with E-state index < -0.39 is 0 Å². The summed E-state index contributed by atoms with van der Waals surface area (Å²) in [6.45, 7) is 1.77. The van der Waals surface area contributed by atoms with E-state index in [0.717, 1.165) is 11.4 Å². The van der Waals surface area contributed by atoms with E-state index >= 15 is 0 Å². The monoisotopic (exact) mass is 330 g/mol. The van der Waals surface area contributed by atoms with Crippen molar-refractivity contribution in [2.45, 2.75) is 13.0 Å². The van der Waals surface area contributed by atoms with Gasteiger partial charge in [-0.25, -0.2) is 4.98 Å². The van der Waals surface area contributed by atoms with Crippen LogP contribution in [0.1, 0.15) is 6.42 Å². The van der Waals surface area contributed by atoms with E-state index in [-0.39, 0.29) is 23.9 Å². The first-order valence-corrected chi connectivity index (χ1v) is 7.32. The van der Waals surface area contributed by atoms with Crippen LogP contribution in [-0.4, -0.2) is 47.5 Å². The standard InChI is InChI=1S/C13H18N4O2S.ClH/c1-14-5-7-16(2)11(18)3-6-17-9-15-12-10(13(17)19)4-8-20-12;/h4,8-9,14H,3,5-7H2,1-2H3;1H. The fourth-order valence-electron chi connectivity index (χ4n) is 1.86. The van der Waals surface area contributed by atoms with E-state index in [4.69, 9.17) is 0 Å². The van der Waals surface area contributed by atoms with Gasteiger partial charge in [-0.3, -0.25) is 14.2 Å². The Balaban J connectivity index is 0.00000220. The molecule has 6 nitrogen and oxygen atoms in total. The molecule has 0 aliphatic rings. The number of amides is 1. The predicted molar refractivity (Wildman–Crippen MR) is 87.3 cm³/mol. The van der Waals surface area contributed by atoms with Crippen LogP contribution in [0.3, 0.4) is 0 Å². The molecule has 116 valence electrons. The summed E-state index contributed by atoms with van der Waals surface area (Å²) >= 11 is 1.44. The van der Waals surface area contributed by atoms with Crippen LogP contribution < -0.4 is 10.9 Å². The molecule has 0 spiro atoms. The van der Waals surface area contributed by atoms with Crippen molar-refractivity contribution < 1.29 is 4.79 Å². The summed E-state index contributed by atoms with van der Waals surface area (Å²) in [7, 11) is 3.61. The molecule has 0 radical (unpaired) electrons. The van der Waals surface area contributed by atoms with Crippen LogP contribution in [0.2, 0.25) is 0 Å². The minimum Gasteiger partial charge on any atom is -0.344 e. The fourth-order valence-corrected chi connectivity index (χ4v) is 2.59. The van der Waals surface area contributed by atoms with Crippen molar-refractivity contribution in [1.82, 2.24) is 19.8 Å². The third kappa shape index (κ3) is 4.26. The van der Waals surface area contributed by atoms with Crippen LogP contribution in [0.5, 0.6) is 0 Å². The summed E-state index contributed by atoms with van der Waals surface area (Å²) in [5.41, 5.74) is -0.0815. The van der Waals surface area contributed by atoms with Crippen LogP contribution in [0.25, 0.3) is 10.2 Å². The van der Waals surface area contributed by atoms with Gasteiger partial charge in [-0.05, 0) is 18.5 Å². The minimum atomic E-state index is -0.0815. The largest absolute Gasteiger partial charge is 0.344 e. The number of hydrogen-bond donors (Lipinski definition) is 1. The minimum absolute atomic E-state index is 0. The molecule has 0 aliphatic heterocycles. The van der Waals surface area contributed by atoms with Crippen molar-refractivity contribution in [3.8, 4) is 0 Å². The number of halogens is 1. The summed E-state index contributed by atoms with van der Waals surface area (Å²) in [4.78, 5) is 30.7. The average molecular weight is 331 g/mol. The summed E-state index contributed by atoms with van der Waals surface area (Å²) < 4.78 is 1.50. The van der Waals surface area contributed by atoms with Gasteiger partial charge in [0.1, 0.15) is 4.83 Å². The number of likely N-dealkylation sites (N-methyl/N-ethyl adjacent to an activating group) is 2. The normalized spacial score (nSPS) is 10.4. The lowest BCUT2D eigenvalue weighted by atomic mass is 10.3. The Kier molecular flexibility index (Phi) is 6.80. The van der Waals surface area contributed by atoms with E-state index in [1.165, 1.54) is 22.2 Å². The second-order valence-corrected chi connectivity index (χ2v) is 5.45. The summed E-state index contributed by atoms with van der Waals surface area (Å²) in [5, 5.41) is 5.46. The molecule has 0 bridgehead atoms. The molecule has 0 atom stereocenters. The van der Waals surface area contributed by atoms with Gasteiger partial charge in [0.15, 0.2) is 0 Å². The summed E-state index contributed by atoms with van der Waals surface area (Å²) in [6, 6.07) is 1.77. The zero-order valence-electron chi connectivity index (χ0n) is 12.0. The SMILES string of the molecule is CNCCN(C)C(=O)CCn1cnc2sccc2c1=O.Cl. The molecule has 0 saturated carbocycles. The molecule has 2 rings (SSSR count). The zero-order valence-corrected chi connectivity index (χ0v) is 13.7. The van der Waals surface area contributed by atoms with Crippen molar-refractivity contribution in [2.75, 3.05) is 27.2 Å². The highest BCUT2D eigenvalue weighted by Crippen LogP contribution is 2.13. The topological polar surface area (TPSA) is 67.2 Å². The van der Waals surface area contributed by atoms with Crippen molar-refractivity contribution in [3.63, 3.8) is 0 Å². The first-order chi connectivity index (χ1) is 9.63. The van der Waals surface area contributed by atoms with Crippen LogP contribution in [0.15, 0.2) is 22.6 Å². The van der Waals surface area contributed by atoms with Gasteiger partial charge in [-0.2, -0.15) is 0 Å². The van der Waals surface area contributed by atoms with Crippen molar-refractivity contribution >= 4 is 39.9 Å². The number of fused-ring (bicyclic) bond motifs is 1. The smallest absolute Gasteiger partial charge is 0.262 e. The Morgan fingerprint density at radius 3 is 3.00 bits per heavy atom. The van der Waals surface area contributed by atoms with Crippen molar-refractivity contribution in [2.24, 2.45) is 0 Å². The summed E-state index contributed by atoms with van der Waals surface area (Å²) in [6.07, 6.45) is 1.82. The molecule has 0 saturated heterocycles. The highest BCUT2D eigenvalue weighted by atomic mass is 35.5. The number of nitrogens with zero attached hydrogens (tertiary/aromatic N) is 3. The number of carbonyl (C=O) groups excluding carboxylic acids is 1. The lowest BCUT2D eigenvalue weighted by Gasteiger charge is -2.17. The Bertz CT molecular complexity index is 655. The molecule has 2 aromatic heterocycles. The number of nitrogens with one attached hydrogen (secondary N) is 1. The Labute approximate surface area is 133 Å². The van der Waals surface area contributed by atoms with Gasteiger partial charge in [0.25, 0.3) is 5.56 Å². The van der Waals surface area contributed by atoms with Crippen LogP contribution in [-0.2, 0) is 11.3 Å². The number of hydrogen-bond acceptors (Lipinski definition) is 5. The summed E-state index contributed by atoms with van der Waals surface area (Å²) in [5.74, 6) is 0.0255. The third-order valence-corrected chi connectivity index (χ3v) is 3.96. The second-order valence-electron chi connectivity index (χ2n) is 4.55. The molecule has 2 heterocycles. The Morgan fingerprint density at radius 1 is 1.52 bits per heavy atom. The molecule has 2 aromatic rings. The van der Waals surface area contributed by atoms with Crippen molar-refractivity contribution in [1.29, 1.82) is 0 Å². The van der Waals surface area contributed by atoms with Crippen LogP contribution in [0.4, 0.5) is 0 Å². The average Bonchev–Trinajstić information content (AvgIpc) is 2.93.